The highest BCUT2D eigenvalue weighted by atomic mass is 16.5. The molecule has 0 amide bonds. The number of hydrogen-bond acceptors (Lipinski definition) is 3. The number of ether oxygens (including phenoxy) is 1. The largest absolute Gasteiger partial charge is 0.496 e. The Morgan fingerprint density at radius 2 is 2.28 bits per heavy atom. The third kappa shape index (κ3) is 1.70. The normalized spacial score (nSPS) is 22.4. The average Bonchev–Trinajstić information content (AvgIpc) is 3.06. The highest BCUT2D eigenvalue weighted by Crippen LogP contribution is 2.52. The second-order valence-corrected chi connectivity index (χ2v) is 5.00. The standard InChI is InChI=1S/C15H19NO2/c1-3-10-7-12-13(18-10)4-5-14(17-2)15(12)11-6-9(11)8-16/h4-5,7,9,11H,3,6,8,16H2,1-2H3/t9-,11+/m0/s1. The number of hydrogen-bond donors (Lipinski definition) is 1. The molecule has 1 aliphatic carbocycles. The first-order valence-electron chi connectivity index (χ1n) is 6.57. The molecule has 0 unspecified atom stereocenters. The van der Waals surface area contributed by atoms with Gasteiger partial charge in [0.1, 0.15) is 17.1 Å². The molecule has 3 nitrogen and oxygen atoms in total. The summed E-state index contributed by atoms with van der Waals surface area (Å²) in [6.45, 7) is 2.86. The van der Waals surface area contributed by atoms with Crippen LogP contribution in [0.5, 0.6) is 5.75 Å². The first-order valence-corrected chi connectivity index (χ1v) is 6.57. The lowest BCUT2D eigenvalue weighted by molar-refractivity contribution is 0.410. The van der Waals surface area contributed by atoms with E-state index in [4.69, 9.17) is 14.9 Å². The van der Waals surface area contributed by atoms with Crippen molar-refractivity contribution in [1.29, 1.82) is 0 Å². The van der Waals surface area contributed by atoms with Crippen LogP contribution >= 0.6 is 0 Å². The molecule has 0 aliphatic heterocycles. The third-order valence-electron chi connectivity index (χ3n) is 3.92. The zero-order valence-electron chi connectivity index (χ0n) is 10.9. The lowest BCUT2D eigenvalue weighted by Crippen LogP contribution is -2.02. The van der Waals surface area contributed by atoms with Crippen LogP contribution in [0.1, 0.15) is 30.6 Å². The minimum absolute atomic E-state index is 0.538. The van der Waals surface area contributed by atoms with Gasteiger partial charge in [-0.25, -0.2) is 0 Å². The fourth-order valence-electron chi connectivity index (χ4n) is 2.76. The van der Waals surface area contributed by atoms with Gasteiger partial charge in [0.15, 0.2) is 0 Å². The van der Waals surface area contributed by atoms with E-state index in [-0.39, 0.29) is 0 Å². The molecule has 2 aromatic rings. The number of methoxy groups -OCH3 is 1. The molecular formula is C15H19NO2. The van der Waals surface area contributed by atoms with Gasteiger partial charge in [-0.3, -0.25) is 0 Å². The van der Waals surface area contributed by atoms with Crippen molar-refractivity contribution < 1.29 is 9.15 Å². The van der Waals surface area contributed by atoms with E-state index in [9.17, 15) is 0 Å². The molecule has 1 fully saturated rings. The lowest BCUT2D eigenvalue weighted by Gasteiger charge is -2.08. The Bertz CT molecular complexity index is 573. The van der Waals surface area contributed by atoms with Gasteiger partial charge in [0, 0.05) is 17.4 Å². The van der Waals surface area contributed by atoms with Crippen LogP contribution in [0.2, 0.25) is 0 Å². The van der Waals surface area contributed by atoms with Crippen LogP contribution in [0, 0.1) is 5.92 Å². The average molecular weight is 245 g/mol. The van der Waals surface area contributed by atoms with Crippen LogP contribution in [0.3, 0.4) is 0 Å². The molecule has 2 atom stereocenters. The molecule has 0 saturated heterocycles. The molecular weight excluding hydrogens is 226 g/mol. The molecule has 1 heterocycles. The molecule has 1 aromatic heterocycles. The number of aryl methyl sites for hydroxylation is 1. The van der Waals surface area contributed by atoms with Crippen LogP contribution in [0.4, 0.5) is 0 Å². The summed E-state index contributed by atoms with van der Waals surface area (Å²) in [7, 11) is 1.73. The first kappa shape index (κ1) is 11.6. The molecule has 2 N–H and O–H groups in total. The third-order valence-corrected chi connectivity index (χ3v) is 3.92. The summed E-state index contributed by atoms with van der Waals surface area (Å²) in [6.07, 6.45) is 2.08. The van der Waals surface area contributed by atoms with E-state index in [2.05, 4.69) is 13.0 Å². The summed E-state index contributed by atoms with van der Waals surface area (Å²) >= 11 is 0. The summed E-state index contributed by atoms with van der Waals surface area (Å²) in [5.41, 5.74) is 8.01. The summed E-state index contributed by atoms with van der Waals surface area (Å²) in [6, 6.07) is 6.16. The fourth-order valence-corrected chi connectivity index (χ4v) is 2.76. The van der Waals surface area contributed by atoms with Crippen molar-refractivity contribution in [3.63, 3.8) is 0 Å². The molecule has 0 bridgehead atoms. The van der Waals surface area contributed by atoms with Crippen LogP contribution < -0.4 is 10.5 Å². The molecule has 3 rings (SSSR count). The van der Waals surface area contributed by atoms with Gasteiger partial charge in [-0.15, -0.1) is 0 Å². The second-order valence-electron chi connectivity index (χ2n) is 5.00. The lowest BCUT2D eigenvalue weighted by atomic mass is 10.0. The maximum absolute atomic E-state index is 5.82. The Hall–Kier alpha value is -1.48. The second kappa shape index (κ2) is 4.32. The number of fused-ring (bicyclic) bond motifs is 1. The summed E-state index contributed by atoms with van der Waals surface area (Å²) in [4.78, 5) is 0. The summed E-state index contributed by atoms with van der Waals surface area (Å²) < 4.78 is 11.3. The smallest absolute Gasteiger partial charge is 0.134 e. The molecule has 1 saturated carbocycles. The molecule has 18 heavy (non-hydrogen) atoms. The molecule has 96 valence electrons. The van der Waals surface area contributed by atoms with Crippen LogP contribution in [0.15, 0.2) is 22.6 Å². The predicted molar refractivity (Wildman–Crippen MR) is 72.0 cm³/mol. The molecule has 1 aliphatic rings. The molecule has 0 radical (unpaired) electrons. The van der Waals surface area contributed by atoms with E-state index in [1.165, 1.54) is 17.4 Å². The van der Waals surface area contributed by atoms with Crippen LogP contribution in [0.25, 0.3) is 11.0 Å². The monoisotopic (exact) mass is 245 g/mol. The van der Waals surface area contributed by atoms with Crippen molar-refractivity contribution in [3.8, 4) is 5.75 Å². The maximum atomic E-state index is 5.82. The van der Waals surface area contributed by atoms with Gasteiger partial charge in [-0.05, 0) is 43.0 Å². The van der Waals surface area contributed by atoms with Crippen LogP contribution in [-0.2, 0) is 6.42 Å². The Balaban J connectivity index is 2.15. The van der Waals surface area contributed by atoms with Crippen molar-refractivity contribution in [3.05, 3.63) is 29.5 Å². The number of furan rings is 1. The van der Waals surface area contributed by atoms with Gasteiger partial charge in [-0.2, -0.15) is 0 Å². The van der Waals surface area contributed by atoms with Crippen LogP contribution in [-0.4, -0.2) is 13.7 Å². The van der Waals surface area contributed by atoms with Gasteiger partial charge in [0.05, 0.1) is 7.11 Å². The fraction of sp³-hybridized carbons (Fsp3) is 0.467. The minimum atomic E-state index is 0.538. The maximum Gasteiger partial charge on any atom is 0.134 e. The first-order chi connectivity index (χ1) is 8.78. The van der Waals surface area contributed by atoms with E-state index in [1.54, 1.807) is 7.11 Å². The minimum Gasteiger partial charge on any atom is -0.496 e. The number of rotatable bonds is 4. The Labute approximate surface area is 107 Å². The van der Waals surface area contributed by atoms with Gasteiger partial charge < -0.3 is 14.9 Å². The Morgan fingerprint density at radius 3 is 2.89 bits per heavy atom. The quantitative estimate of drug-likeness (QED) is 0.900. The van der Waals surface area contributed by atoms with E-state index in [0.717, 1.165) is 30.1 Å². The van der Waals surface area contributed by atoms with Gasteiger partial charge in [0.25, 0.3) is 0 Å². The van der Waals surface area contributed by atoms with E-state index in [0.29, 0.717) is 11.8 Å². The Morgan fingerprint density at radius 1 is 1.44 bits per heavy atom. The van der Waals surface area contributed by atoms with E-state index < -0.39 is 0 Å². The summed E-state index contributed by atoms with van der Waals surface area (Å²) in [5, 5.41) is 1.20. The van der Waals surface area contributed by atoms with Gasteiger partial charge in [0.2, 0.25) is 0 Å². The molecule has 3 heteroatoms. The predicted octanol–water partition coefficient (Wildman–Crippen LogP) is 3.07. The Kier molecular flexibility index (Phi) is 2.78. The zero-order valence-corrected chi connectivity index (χ0v) is 10.9. The van der Waals surface area contributed by atoms with Crippen molar-refractivity contribution in [1.82, 2.24) is 0 Å². The van der Waals surface area contributed by atoms with Crippen molar-refractivity contribution in [2.24, 2.45) is 11.7 Å². The SMILES string of the molecule is CCc1cc2c([C@@H]3C[C@H]3CN)c(OC)ccc2o1. The van der Waals surface area contributed by atoms with E-state index in [1.807, 2.05) is 12.1 Å². The number of nitrogens with two attached hydrogens (primary N) is 1. The van der Waals surface area contributed by atoms with Crippen molar-refractivity contribution in [2.75, 3.05) is 13.7 Å². The van der Waals surface area contributed by atoms with Crippen molar-refractivity contribution >= 4 is 11.0 Å². The topological polar surface area (TPSA) is 48.4 Å². The number of benzene rings is 1. The van der Waals surface area contributed by atoms with Gasteiger partial charge in [-0.1, -0.05) is 6.92 Å². The zero-order chi connectivity index (χ0) is 12.7. The molecule has 1 aromatic carbocycles. The molecule has 0 spiro atoms. The highest BCUT2D eigenvalue weighted by molar-refractivity contribution is 5.85. The highest BCUT2D eigenvalue weighted by Gasteiger charge is 2.40. The van der Waals surface area contributed by atoms with E-state index >= 15 is 0 Å². The van der Waals surface area contributed by atoms with Crippen molar-refractivity contribution in [2.45, 2.75) is 25.7 Å². The summed E-state index contributed by atoms with van der Waals surface area (Å²) in [5.74, 6) is 3.14. The van der Waals surface area contributed by atoms with Gasteiger partial charge >= 0.3 is 0 Å².